The van der Waals surface area contributed by atoms with Gasteiger partial charge in [-0.05, 0) is 32.6 Å². The van der Waals surface area contributed by atoms with E-state index in [1.807, 2.05) is 0 Å². The van der Waals surface area contributed by atoms with Gasteiger partial charge in [-0.15, -0.1) is 6.58 Å². The zero-order valence-electron chi connectivity index (χ0n) is 10.4. The summed E-state index contributed by atoms with van der Waals surface area (Å²) in [5.41, 5.74) is 0. The quantitative estimate of drug-likeness (QED) is 0.246. The van der Waals surface area contributed by atoms with Gasteiger partial charge in [0.05, 0.1) is 13.0 Å². The SMILES string of the molecule is [C-]#[O+].[C-]#[O+].[C-]#[O+].[CH2][CH][CH][CH][C@@H](CC=C)C(=O)OC.[Fe]. The first-order valence-electron chi connectivity index (χ1n) is 4.35. The van der Waals surface area contributed by atoms with E-state index in [-0.39, 0.29) is 29.0 Å². The fourth-order valence-electron chi connectivity index (χ4n) is 0.797. The summed E-state index contributed by atoms with van der Waals surface area (Å²) in [5, 5.41) is 0. The summed E-state index contributed by atoms with van der Waals surface area (Å²) in [6.45, 7) is 20.6. The molecule has 0 aromatic rings. The molecule has 1 atom stereocenters. The minimum atomic E-state index is -0.243. The van der Waals surface area contributed by atoms with E-state index < -0.39 is 0 Å². The molecule has 5 nitrogen and oxygen atoms in total. The third-order valence-electron chi connectivity index (χ3n) is 1.40. The Hall–Kier alpha value is -1.05. The van der Waals surface area contributed by atoms with E-state index >= 15 is 0 Å². The van der Waals surface area contributed by atoms with Crippen LogP contribution in [0.15, 0.2) is 12.7 Å². The predicted octanol–water partition coefficient (Wildman–Crippen LogP) is 1.68. The second kappa shape index (κ2) is 36.0. The molecule has 0 amide bonds. The average molecular weight is 306 g/mol. The molecular formula is C13H14FeO5. The van der Waals surface area contributed by atoms with E-state index in [1.54, 1.807) is 25.3 Å². The summed E-state index contributed by atoms with van der Waals surface area (Å²) >= 11 is 0. The summed E-state index contributed by atoms with van der Waals surface area (Å²) in [6, 6.07) is 0. The van der Waals surface area contributed by atoms with Gasteiger partial charge in [0, 0.05) is 17.1 Å². The normalized spacial score (nSPS) is 8.00. The Balaban J connectivity index is -0.0000000816. The van der Waals surface area contributed by atoms with Crippen LogP contribution >= 0.6 is 0 Å². The van der Waals surface area contributed by atoms with E-state index in [4.69, 9.17) is 14.0 Å². The molecule has 0 aliphatic carbocycles. The number of allylic oxidation sites excluding steroid dienone is 1. The first kappa shape index (κ1) is 30.8. The van der Waals surface area contributed by atoms with Crippen molar-refractivity contribution in [2.45, 2.75) is 6.42 Å². The number of hydrogen-bond donors (Lipinski definition) is 0. The summed E-state index contributed by atoms with van der Waals surface area (Å²) < 4.78 is 27.1. The molecule has 0 rings (SSSR count). The zero-order valence-corrected chi connectivity index (χ0v) is 11.5. The van der Waals surface area contributed by atoms with Crippen molar-refractivity contribution in [2.75, 3.05) is 7.11 Å². The molecule has 0 spiro atoms. The van der Waals surface area contributed by atoms with Gasteiger partial charge in [-0.2, -0.15) is 0 Å². The maximum Gasteiger partial charge on any atom is 0.309 e. The maximum atomic E-state index is 11.1. The second-order valence-electron chi connectivity index (χ2n) is 2.27. The summed E-state index contributed by atoms with van der Waals surface area (Å²) in [6.07, 6.45) is 7.39. The van der Waals surface area contributed by atoms with Crippen molar-refractivity contribution < 1.29 is 40.6 Å². The Morgan fingerprint density at radius 1 is 1.26 bits per heavy atom. The summed E-state index contributed by atoms with van der Waals surface area (Å²) in [5.74, 6) is -0.474. The van der Waals surface area contributed by atoms with E-state index in [9.17, 15) is 4.79 Å². The van der Waals surface area contributed by atoms with Crippen LogP contribution in [0.2, 0.25) is 0 Å². The smallest absolute Gasteiger partial charge is 0.309 e. The standard InChI is InChI=1S/C10H14O2.3CO.Fe/c1-4-6-8-9(7-5-2)10(11)12-3;3*1-2;/h4-6,8-9H,1-2,7H2,3H3;;;;/t9-;;;;/m1..../s1. The molecule has 0 aliphatic rings. The number of ether oxygens (including phenoxy) is 1. The van der Waals surface area contributed by atoms with Crippen molar-refractivity contribution in [3.05, 3.63) is 58.8 Å². The molecule has 0 bridgehead atoms. The topological polar surface area (TPSA) is 86.0 Å². The molecule has 6 heteroatoms. The van der Waals surface area contributed by atoms with E-state index in [1.165, 1.54) is 7.11 Å². The number of unbranched alkanes of at least 4 members (excludes halogenated alkanes) is 1. The van der Waals surface area contributed by atoms with Crippen LogP contribution in [0.5, 0.6) is 0 Å². The Morgan fingerprint density at radius 2 is 1.68 bits per heavy atom. The van der Waals surface area contributed by atoms with Gasteiger partial charge in [-0.3, -0.25) is 4.79 Å². The molecule has 0 saturated heterocycles. The first-order valence-corrected chi connectivity index (χ1v) is 4.35. The van der Waals surface area contributed by atoms with Crippen LogP contribution in [0, 0.1) is 52.1 Å². The van der Waals surface area contributed by atoms with E-state index in [0.29, 0.717) is 6.42 Å². The Bertz CT molecular complexity index is 231. The molecule has 0 unspecified atom stereocenters. The molecule has 0 heterocycles. The maximum absolute atomic E-state index is 11.1. The van der Waals surface area contributed by atoms with Gasteiger partial charge in [0.15, 0.2) is 0 Å². The van der Waals surface area contributed by atoms with Gasteiger partial charge < -0.3 is 4.74 Å². The molecule has 19 heavy (non-hydrogen) atoms. The van der Waals surface area contributed by atoms with Crippen molar-refractivity contribution in [1.82, 2.24) is 0 Å². The fraction of sp³-hybridized carbons (Fsp3) is 0.231. The third kappa shape index (κ3) is 26.5. The fourth-order valence-corrected chi connectivity index (χ4v) is 0.797. The van der Waals surface area contributed by atoms with Crippen LogP contribution in [0.4, 0.5) is 0 Å². The molecule has 4 radical (unpaired) electrons. The number of esters is 1. The van der Waals surface area contributed by atoms with Crippen LogP contribution in [0.1, 0.15) is 6.42 Å². The monoisotopic (exact) mass is 306 g/mol. The second-order valence-corrected chi connectivity index (χ2v) is 2.27. The van der Waals surface area contributed by atoms with E-state index in [2.05, 4.69) is 38.2 Å². The molecule has 0 N–H and O–H groups in total. The molecule has 0 saturated carbocycles. The van der Waals surface area contributed by atoms with E-state index in [0.717, 1.165) is 0 Å². The predicted molar refractivity (Wildman–Crippen MR) is 60.4 cm³/mol. The van der Waals surface area contributed by atoms with Gasteiger partial charge in [0.2, 0.25) is 0 Å². The number of hydrogen-bond acceptors (Lipinski definition) is 2. The van der Waals surface area contributed by atoms with Gasteiger partial charge in [0.25, 0.3) is 0 Å². The molecular weight excluding hydrogens is 292 g/mol. The number of carbonyl (C=O) groups is 1. The zero-order chi connectivity index (χ0) is 15.4. The summed E-state index contributed by atoms with van der Waals surface area (Å²) in [4.78, 5) is 11.1. The van der Waals surface area contributed by atoms with Crippen molar-refractivity contribution >= 4 is 5.97 Å². The van der Waals surface area contributed by atoms with Crippen LogP contribution in [0.3, 0.4) is 0 Å². The van der Waals surface area contributed by atoms with Crippen molar-refractivity contribution in [2.24, 2.45) is 5.92 Å². The van der Waals surface area contributed by atoms with Gasteiger partial charge in [-0.25, -0.2) is 0 Å². The minimum absolute atomic E-state index is 0. The van der Waals surface area contributed by atoms with Gasteiger partial charge in [0.1, 0.15) is 0 Å². The van der Waals surface area contributed by atoms with Crippen LogP contribution in [-0.4, -0.2) is 13.1 Å². The Morgan fingerprint density at radius 3 is 1.95 bits per heavy atom. The van der Waals surface area contributed by atoms with Crippen LogP contribution < -0.4 is 0 Å². The van der Waals surface area contributed by atoms with Crippen LogP contribution in [0.25, 0.3) is 0 Å². The van der Waals surface area contributed by atoms with Gasteiger partial charge in [-0.1, -0.05) is 6.08 Å². The summed E-state index contributed by atoms with van der Waals surface area (Å²) in [7, 11) is 1.38. The average Bonchev–Trinajstić information content (AvgIpc) is 2.49. The Labute approximate surface area is 125 Å². The van der Waals surface area contributed by atoms with Crippen LogP contribution in [-0.2, 0) is 40.6 Å². The molecule has 104 valence electrons. The van der Waals surface area contributed by atoms with Gasteiger partial charge >= 0.3 is 39.9 Å². The number of methoxy groups -OCH3 is 1. The Kier molecular flexibility index (Phi) is 58.2. The molecule has 0 aromatic heterocycles. The number of rotatable bonds is 6. The number of carbonyl (C=O) groups excluding carboxylic acids is 1. The van der Waals surface area contributed by atoms with Crippen molar-refractivity contribution in [1.29, 1.82) is 0 Å². The molecule has 0 fully saturated rings. The van der Waals surface area contributed by atoms with Crippen molar-refractivity contribution in [3.63, 3.8) is 0 Å². The first-order chi connectivity index (χ1) is 8.76. The molecule has 0 aromatic carbocycles. The molecule has 0 aliphatic heterocycles. The minimum Gasteiger partial charge on any atom is -0.469 e. The largest absolute Gasteiger partial charge is 0.469 e. The third-order valence-corrected chi connectivity index (χ3v) is 1.40. The van der Waals surface area contributed by atoms with Crippen molar-refractivity contribution in [3.8, 4) is 0 Å².